The van der Waals surface area contributed by atoms with Crippen LogP contribution < -0.4 is 4.74 Å². The Labute approximate surface area is 120 Å². The van der Waals surface area contributed by atoms with E-state index in [1.54, 1.807) is 4.90 Å². The first kappa shape index (κ1) is 14.9. The lowest BCUT2D eigenvalue weighted by Gasteiger charge is -2.48. The SMILES string of the molecule is Cc1cccc(C)c1OCC(=O)N1CC(O)(C(C)C)C1. The van der Waals surface area contributed by atoms with E-state index in [0.29, 0.717) is 13.1 Å². The quantitative estimate of drug-likeness (QED) is 0.914. The summed E-state index contributed by atoms with van der Waals surface area (Å²) in [5, 5.41) is 10.1. The lowest BCUT2D eigenvalue weighted by molar-refractivity contribution is -0.165. The summed E-state index contributed by atoms with van der Waals surface area (Å²) in [6.45, 7) is 8.70. The van der Waals surface area contributed by atoms with Gasteiger partial charge < -0.3 is 14.7 Å². The first-order chi connectivity index (χ1) is 9.33. The molecule has 4 nitrogen and oxygen atoms in total. The molecule has 0 aromatic heterocycles. The summed E-state index contributed by atoms with van der Waals surface area (Å²) < 4.78 is 5.64. The van der Waals surface area contributed by atoms with Crippen molar-refractivity contribution in [1.82, 2.24) is 4.90 Å². The molecule has 1 saturated heterocycles. The van der Waals surface area contributed by atoms with Crippen LogP contribution in [0.15, 0.2) is 18.2 Å². The average Bonchev–Trinajstić information content (AvgIpc) is 2.33. The summed E-state index contributed by atoms with van der Waals surface area (Å²) >= 11 is 0. The monoisotopic (exact) mass is 277 g/mol. The van der Waals surface area contributed by atoms with Gasteiger partial charge in [-0.25, -0.2) is 0 Å². The maximum atomic E-state index is 12.0. The Bertz CT molecular complexity index is 484. The fraction of sp³-hybridized carbons (Fsp3) is 0.562. The number of para-hydroxylation sites is 1. The molecule has 1 aromatic rings. The van der Waals surface area contributed by atoms with E-state index < -0.39 is 5.60 Å². The number of nitrogens with zero attached hydrogens (tertiary/aromatic N) is 1. The molecular formula is C16H23NO3. The van der Waals surface area contributed by atoms with Gasteiger partial charge in [-0.1, -0.05) is 32.0 Å². The summed E-state index contributed by atoms with van der Waals surface area (Å²) in [5.74, 6) is 0.865. The first-order valence-electron chi connectivity index (χ1n) is 7.02. The Morgan fingerprint density at radius 1 is 1.35 bits per heavy atom. The average molecular weight is 277 g/mol. The van der Waals surface area contributed by atoms with Crippen LogP contribution in [-0.2, 0) is 4.79 Å². The molecule has 110 valence electrons. The summed E-state index contributed by atoms with van der Waals surface area (Å²) in [5.41, 5.74) is 1.33. The van der Waals surface area contributed by atoms with Crippen molar-refractivity contribution < 1.29 is 14.6 Å². The van der Waals surface area contributed by atoms with Crippen molar-refractivity contribution >= 4 is 5.91 Å². The number of ether oxygens (including phenoxy) is 1. The van der Waals surface area contributed by atoms with Crippen LogP contribution in [0.3, 0.4) is 0 Å². The van der Waals surface area contributed by atoms with Gasteiger partial charge >= 0.3 is 0 Å². The van der Waals surface area contributed by atoms with Gasteiger partial charge in [-0.2, -0.15) is 0 Å². The van der Waals surface area contributed by atoms with Gasteiger partial charge in [0.1, 0.15) is 11.4 Å². The highest BCUT2D eigenvalue weighted by Crippen LogP contribution is 2.29. The summed E-state index contributed by atoms with van der Waals surface area (Å²) in [6.07, 6.45) is 0. The maximum absolute atomic E-state index is 12.0. The van der Waals surface area contributed by atoms with Crippen LogP contribution in [0, 0.1) is 19.8 Å². The Balaban J connectivity index is 1.89. The zero-order valence-corrected chi connectivity index (χ0v) is 12.6. The third-order valence-corrected chi connectivity index (χ3v) is 4.11. The highest BCUT2D eigenvalue weighted by molar-refractivity contribution is 5.79. The summed E-state index contributed by atoms with van der Waals surface area (Å²) in [7, 11) is 0. The van der Waals surface area contributed by atoms with Gasteiger partial charge in [0.05, 0.1) is 13.1 Å². The molecule has 1 amide bonds. The van der Waals surface area contributed by atoms with E-state index in [9.17, 15) is 9.90 Å². The Morgan fingerprint density at radius 3 is 2.40 bits per heavy atom. The maximum Gasteiger partial charge on any atom is 0.260 e. The number of aliphatic hydroxyl groups is 1. The topological polar surface area (TPSA) is 49.8 Å². The number of β-amino-alcohol motifs (C(OH)–C–C–N with tert-alkyl or cyclic N) is 1. The van der Waals surface area contributed by atoms with Gasteiger partial charge in [-0.3, -0.25) is 4.79 Å². The van der Waals surface area contributed by atoms with E-state index in [0.717, 1.165) is 16.9 Å². The van der Waals surface area contributed by atoms with Gasteiger partial charge in [0.2, 0.25) is 0 Å². The largest absolute Gasteiger partial charge is 0.483 e. The second-order valence-electron chi connectivity index (χ2n) is 6.02. The van der Waals surface area contributed by atoms with Gasteiger partial charge in [0, 0.05) is 0 Å². The molecule has 0 unspecified atom stereocenters. The van der Waals surface area contributed by atoms with Gasteiger partial charge in [0.25, 0.3) is 5.91 Å². The van der Waals surface area contributed by atoms with Crippen molar-refractivity contribution in [2.75, 3.05) is 19.7 Å². The van der Waals surface area contributed by atoms with Crippen molar-refractivity contribution in [3.63, 3.8) is 0 Å². The van der Waals surface area contributed by atoms with Crippen molar-refractivity contribution in [1.29, 1.82) is 0 Å². The van der Waals surface area contributed by atoms with Crippen LogP contribution in [0.2, 0.25) is 0 Å². The number of likely N-dealkylation sites (tertiary alicyclic amines) is 1. The molecular weight excluding hydrogens is 254 g/mol. The molecule has 20 heavy (non-hydrogen) atoms. The molecule has 2 rings (SSSR count). The van der Waals surface area contributed by atoms with E-state index in [4.69, 9.17) is 4.74 Å². The molecule has 1 aliphatic heterocycles. The highest BCUT2D eigenvalue weighted by atomic mass is 16.5. The Hall–Kier alpha value is -1.55. The molecule has 0 radical (unpaired) electrons. The van der Waals surface area contributed by atoms with Crippen molar-refractivity contribution in [3.05, 3.63) is 29.3 Å². The number of rotatable bonds is 4. The minimum absolute atomic E-state index is 0.0276. The number of carbonyl (C=O) groups is 1. The molecule has 1 fully saturated rings. The minimum Gasteiger partial charge on any atom is -0.483 e. The molecule has 0 bridgehead atoms. The van der Waals surface area contributed by atoms with E-state index in [2.05, 4.69) is 0 Å². The summed E-state index contributed by atoms with van der Waals surface area (Å²) in [4.78, 5) is 13.7. The van der Waals surface area contributed by atoms with Crippen LogP contribution in [0.5, 0.6) is 5.75 Å². The molecule has 1 heterocycles. The van der Waals surface area contributed by atoms with E-state index in [1.165, 1.54) is 0 Å². The van der Waals surface area contributed by atoms with Crippen LogP contribution in [-0.4, -0.2) is 41.2 Å². The van der Waals surface area contributed by atoms with Gasteiger partial charge in [-0.05, 0) is 30.9 Å². The number of aryl methyl sites for hydroxylation is 2. The summed E-state index contributed by atoms with van der Waals surface area (Å²) in [6, 6.07) is 5.90. The molecule has 0 aliphatic carbocycles. The smallest absolute Gasteiger partial charge is 0.260 e. The molecule has 1 aliphatic rings. The van der Waals surface area contributed by atoms with Crippen LogP contribution in [0.25, 0.3) is 0 Å². The van der Waals surface area contributed by atoms with Crippen molar-refractivity contribution in [2.45, 2.75) is 33.3 Å². The number of benzene rings is 1. The van der Waals surface area contributed by atoms with Crippen molar-refractivity contribution in [3.8, 4) is 5.75 Å². The standard InChI is InChI=1S/C16H23NO3/c1-11(2)16(19)9-17(10-16)14(18)8-20-15-12(3)6-5-7-13(15)4/h5-7,11,19H,8-10H2,1-4H3. The fourth-order valence-electron chi connectivity index (χ4n) is 2.41. The first-order valence-corrected chi connectivity index (χ1v) is 7.02. The lowest BCUT2D eigenvalue weighted by atomic mass is 9.83. The van der Waals surface area contributed by atoms with Crippen LogP contribution >= 0.6 is 0 Å². The zero-order chi connectivity index (χ0) is 14.9. The Kier molecular flexibility index (Phi) is 4.04. The fourth-order valence-corrected chi connectivity index (χ4v) is 2.41. The number of carbonyl (C=O) groups excluding carboxylic acids is 1. The minimum atomic E-state index is -0.728. The third kappa shape index (κ3) is 2.80. The lowest BCUT2D eigenvalue weighted by Crippen LogP contribution is -2.66. The molecule has 0 atom stereocenters. The van der Waals surface area contributed by atoms with E-state index >= 15 is 0 Å². The van der Waals surface area contributed by atoms with Crippen LogP contribution in [0.4, 0.5) is 0 Å². The van der Waals surface area contributed by atoms with Crippen LogP contribution in [0.1, 0.15) is 25.0 Å². The highest BCUT2D eigenvalue weighted by Gasteiger charge is 2.45. The number of amides is 1. The molecule has 0 saturated carbocycles. The molecule has 4 heteroatoms. The molecule has 0 spiro atoms. The predicted molar refractivity (Wildman–Crippen MR) is 77.8 cm³/mol. The normalized spacial score (nSPS) is 17.0. The second kappa shape index (κ2) is 5.44. The van der Waals surface area contributed by atoms with Gasteiger partial charge in [-0.15, -0.1) is 0 Å². The van der Waals surface area contributed by atoms with Gasteiger partial charge in [0.15, 0.2) is 6.61 Å². The Morgan fingerprint density at radius 2 is 1.90 bits per heavy atom. The van der Waals surface area contributed by atoms with E-state index in [1.807, 2.05) is 45.9 Å². The van der Waals surface area contributed by atoms with Crippen molar-refractivity contribution in [2.24, 2.45) is 5.92 Å². The predicted octanol–water partition coefficient (Wildman–Crippen LogP) is 1.91. The second-order valence-corrected chi connectivity index (χ2v) is 6.02. The third-order valence-electron chi connectivity index (χ3n) is 4.11. The van der Waals surface area contributed by atoms with E-state index in [-0.39, 0.29) is 18.4 Å². The number of hydrogen-bond acceptors (Lipinski definition) is 3. The molecule has 1 aromatic carbocycles. The number of hydrogen-bond donors (Lipinski definition) is 1. The zero-order valence-electron chi connectivity index (χ0n) is 12.6. The molecule has 1 N–H and O–H groups in total.